The second-order valence-corrected chi connectivity index (χ2v) is 13.1. The van der Waals surface area contributed by atoms with Crippen LogP contribution in [0.3, 0.4) is 0 Å². The molecule has 2 aliphatic heterocycles. The molecule has 8 heteroatoms. The third kappa shape index (κ3) is 5.35. The number of allylic oxidation sites excluding steroid dienone is 7. The zero-order valence-electron chi connectivity index (χ0n) is 28.2. The molecule has 0 saturated heterocycles. The van der Waals surface area contributed by atoms with Crippen molar-refractivity contribution in [3.63, 3.8) is 0 Å². The summed E-state index contributed by atoms with van der Waals surface area (Å²) in [6, 6.07) is 8.30. The number of aromatic nitrogens is 4. The summed E-state index contributed by atoms with van der Waals surface area (Å²) in [5, 5.41) is 9.57. The smallest absolute Gasteiger partial charge is 0.305 e. The molecule has 0 unspecified atom stereocenters. The summed E-state index contributed by atoms with van der Waals surface area (Å²) in [5.74, 6) is -0.921. The Morgan fingerprint density at radius 2 is 1.53 bits per heavy atom. The SMILES string of the molecule is C=CC1=C(C)c2cc3nc(cc4[nH]c(cc5[nH]c(cc1n2)c(C)c5CCC(=O)O)c(CCC(=O)OC)c4C)[C@@]1(C)C3=CC=C(C)[C@H]1C. The third-order valence-electron chi connectivity index (χ3n) is 10.6. The summed E-state index contributed by atoms with van der Waals surface area (Å²) < 4.78 is 4.98. The molecule has 47 heavy (non-hydrogen) atoms. The predicted octanol–water partition coefficient (Wildman–Crippen LogP) is 8.11. The van der Waals surface area contributed by atoms with Crippen LogP contribution < -0.4 is 0 Å². The molecule has 6 rings (SSSR count). The maximum Gasteiger partial charge on any atom is 0.305 e. The number of carboxylic acid groups (broad SMARTS) is 1. The minimum Gasteiger partial charge on any atom is -0.481 e. The molecule has 3 aromatic rings. The fourth-order valence-corrected chi connectivity index (χ4v) is 7.29. The summed E-state index contributed by atoms with van der Waals surface area (Å²) in [6.45, 7) is 16.9. The van der Waals surface area contributed by atoms with Crippen LogP contribution in [0.5, 0.6) is 0 Å². The Kier molecular flexibility index (Phi) is 8.16. The first kappa shape index (κ1) is 32.0. The van der Waals surface area contributed by atoms with Gasteiger partial charge in [0.2, 0.25) is 0 Å². The van der Waals surface area contributed by atoms with Crippen LogP contribution in [0.1, 0.15) is 85.6 Å². The molecule has 0 aromatic carbocycles. The fraction of sp³-hybridized carbons (Fsp3) is 0.333. The molecule has 0 fully saturated rings. The van der Waals surface area contributed by atoms with E-state index in [-0.39, 0.29) is 30.1 Å². The number of carbonyl (C=O) groups is 2. The van der Waals surface area contributed by atoms with E-state index in [1.807, 2.05) is 25.1 Å². The Morgan fingerprint density at radius 1 is 0.894 bits per heavy atom. The zero-order chi connectivity index (χ0) is 33.8. The highest BCUT2D eigenvalue weighted by Gasteiger charge is 2.45. The van der Waals surface area contributed by atoms with Gasteiger partial charge in [-0.05, 0) is 111 Å². The van der Waals surface area contributed by atoms with Crippen molar-refractivity contribution in [3.8, 4) is 0 Å². The highest BCUT2D eigenvalue weighted by molar-refractivity contribution is 5.97. The monoisotopic (exact) mass is 630 g/mol. The highest BCUT2D eigenvalue weighted by Crippen LogP contribution is 2.51. The normalized spacial score (nSPS) is 18.8. The molecule has 242 valence electrons. The van der Waals surface area contributed by atoms with Gasteiger partial charge in [0.25, 0.3) is 0 Å². The molecule has 0 saturated carbocycles. The van der Waals surface area contributed by atoms with Gasteiger partial charge in [0, 0.05) is 45.9 Å². The fourth-order valence-electron chi connectivity index (χ4n) is 7.29. The lowest BCUT2D eigenvalue weighted by molar-refractivity contribution is -0.140. The first-order chi connectivity index (χ1) is 22.4. The standard InChI is InChI=1S/C39H42N4O4/c1-9-25-21(3)30-17-35-28-13-10-20(2)24(6)39(28,7)36(43-35)19-31-23(5)27(12-15-38(46)47-8)34(42-31)18-33-26(11-14-37(44)45)22(4)29(41-33)16-32(25)40-30/h9-10,13,16-19,24,41-42H,1,11-12,14-15H2,2-8H3,(H,44,45)/t24-,39-/m1/s1. The van der Waals surface area contributed by atoms with Crippen LogP contribution in [0.25, 0.3) is 38.8 Å². The van der Waals surface area contributed by atoms with E-state index in [2.05, 4.69) is 75.5 Å². The van der Waals surface area contributed by atoms with Crippen LogP contribution in [-0.4, -0.2) is 44.1 Å². The van der Waals surface area contributed by atoms with E-state index in [1.54, 1.807) is 0 Å². The number of hydrogen-bond acceptors (Lipinski definition) is 5. The lowest BCUT2D eigenvalue weighted by Crippen LogP contribution is -2.31. The number of nitrogens with one attached hydrogen (secondary N) is 2. The molecular formula is C39H42N4O4. The maximum atomic E-state index is 12.3. The van der Waals surface area contributed by atoms with Crippen LogP contribution in [0, 0.1) is 19.8 Å². The summed E-state index contributed by atoms with van der Waals surface area (Å²) in [7, 11) is 1.40. The number of methoxy groups -OCH3 is 1. The lowest BCUT2D eigenvalue weighted by atomic mass is 9.65. The molecule has 0 radical (unpaired) electrons. The number of aromatic amines is 2. The van der Waals surface area contributed by atoms with Crippen molar-refractivity contribution >= 4 is 50.7 Å². The summed E-state index contributed by atoms with van der Waals surface area (Å²) in [4.78, 5) is 41.6. The quantitative estimate of drug-likeness (QED) is 0.227. The van der Waals surface area contributed by atoms with Crippen molar-refractivity contribution in [1.82, 2.24) is 19.9 Å². The number of carboxylic acids is 1. The summed E-state index contributed by atoms with van der Waals surface area (Å²) in [5.41, 5.74) is 14.9. The minimum atomic E-state index is -0.855. The number of ether oxygens (including phenoxy) is 1. The van der Waals surface area contributed by atoms with Gasteiger partial charge in [-0.25, -0.2) is 4.98 Å². The van der Waals surface area contributed by atoms with Gasteiger partial charge in [-0.2, -0.15) is 0 Å². The first-order valence-electron chi connectivity index (χ1n) is 16.1. The van der Waals surface area contributed by atoms with Crippen LogP contribution in [0.4, 0.5) is 0 Å². The van der Waals surface area contributed by atoms with Crippen molar-refractivity contribution in [2.24, 2.45) is 5.92 Å². The maximum absolute atomic E-state index is 12.3. The molecule has 0 spiro atoms. The van der Waals surface area contributed by atoms with Crippen LogP contribution in [0.2, 0.25) is 0 Å². The van der Waals surface area contributed by atoms with Gasteiger partial charge in [-0.3, -0.25) is 14.6 Å². The average Bonchev–Trinajstić information content (AvgIpc) is 3.69. The lowest BCUT2D eigenvalue weighted by Gasteiger charge is -2.36. The number of H-pyrrole nitrogens is 2. The van der Waals surface area contributed by atoms with Crippen molar-refractivity contribution in [1.29, 1.82) is 0 Å². The molecular weight excluding hydrogens is 588 g/mol. The topological polar surface area (TPSA) is 121 Å². The molecule has 5 heterocycles. The zero-order valence-corrected chi connectivity index (χ0v) is 28.2. The number of fused-ring (bicyclic) bond motifs is 11. The Morgan fingerprint density at radius 3 is 2.15 bits per heavy atom. The van der Waals surface area contributed by atoms with Crippen molar-refractivity contribution in [3.05, 3.63) is 99.7 Å². The predicted molar refractivity (Wildman–Crippen MR) is 188 cm³/mol. The Balaban J connectivity index is 1.76. The van der Waals surface area contributed by atoms with Crippen molar-refractivity contribution < 1.29 is 19.4 Å². The third-order valence-corrected chi connectivity index (χ3v) is 10.6. The van der Waals surface area contributed by atoms with E-state index in [1.165, 1.54) is 12.7 Å². The number of hydrogen-bond donors (Lipinski definition) is 3. The van der Waals surface area contributed by atoms with E-state index in [0.717, 1.165) is 83.8 Å². The number of esters is 1. The number of nitrogens with zero attached hydrogens (tertiary/aromatic N) is 2. The van der Waals surface area contributed by atoms with Gasteiger partial charge in [-0.1, -0.05) is 37.3 Å². The van der Waals surface area contributed by atoms with Gasteiger partial charge in [0.15, 0.2) is 0 Å². The Labute approximate surface area is 275 Å². The van der Waals surface area contributed by atoms with Gasteiger partial charge >= 0.3 is 11.9 Å². The second-order valence-electron chi connectivity index (χ2n) is 13.1. The van der Waals surface area contributed by atoms with E-state index in [0.29, 0.717) is 12.8 Å². The van der Waals surface area contributed by atoms with Gasteiger partial charge in [0.1, 0.15) is 0 Å². The highest BCUT2D eigenvalue weighted by atomic mass is 16.5. The number of rotatable bonds is 7. The van der Waals surface area contributed by atoms with Crippen LogP contribution in [0.15, 0.2) is 54.6 Å². The van der Waals surface area contributed by atoms with Gasteiger partial charge in [-0.15, -0.1) is 0 Å². The van der Waals surface area contributed by atoms with Crippen LogP contribution in [-0.2, 0) is 32.6 Å². The van der Waals surface area contributed by atoms with Crippen molar-refractivity contribution in [2.75, 3.05) is 7.11 Å². The number of aliphatic carboxylic acids is 1. The molecule has 8 bridgehead atoms. The largest absolute Gasteiger partial charge is 0.481 e. The molecule has 3 aliphatic rings. The number of aryl methyl sites for hydroxylation is 4. The van der Waals surface area contributed by atoms with Gasteiger partial charge < -0.3 is 19.8 Å². The Hall–Kier alpha value is -4.98. The van der Waals surface area contributed by atoms with E-state index in [9.17, 15) is 14.7 Å². The summed E-state index contributed by atoms with van der Waals surface area (Å²) in [6.07, 6.45) is 7.32. The number of carbonyl (C=O) groups excluding carboxylic acids is 1. The van der Waals surface area contributed by atoms with E-state index in [4.69, 9.17) is 14.7 Å². The van der Waals surface area contributed by atoms with Crippen LogP contribution >= 0.6 is 0 Å². The molecule has 1 aliphatic carbocycles. The van der Waals surface area contributed by atoms with Crippen molar-refractivity contribution in [2.45, 2.75) is 72.6 Å². The second kappa shape index (κ2) is 12.0. The average molecular weight is 631 g/mol. The Bertz CT molecular complexity index is 2120. The molecule has 3 N–H and O–H groups in total. The molecule has 0 amide bonds. The van der Waals surface area contributed by atoms with Gasteiger partial charge in [0.05, 0.1) is 29.9 Å². The molecule has 2 atom stereocenters. The molecule has 3 aromatic heterocycles. The molecule has 8 nitrogen and oxygen atoms in total. The summed E-state index contributed by atoms with van der Waals surface area (Å²) >= 11 is 0. The first-order valence-corrected chi connectivity index (χ1v) is 16.1. The minimum absolute atomic E-state index is 0.000616. The van der Waals surface area contributed by atoms with E-state index >= 15 is 0 Å². The van der Waals surface area contributed by atoms with E-state index < -0.39 is 5.97 Å².